The third-order valence-corrected chi connectivity index (χ3v) is 20.7. The topological polar surface area (TPSA) is 85.9 Å². The molecule has 0 aliphatic heterocycles. The number of nitrogens with one attached hydrogen (secondary N) is 2. The fraction of sp³-hybridized carbons (Fsp3) is 0.364. The van der Waals surface area contributed by atoms with E-state index < -0.39 is 28.6 Å². The van der Waals surface area contributed by atoms with Crippen molar-refractivity contribution in [3.8, 4) is 0 Å². The van der Waals surface area contributed by atoms with Gasteiger partial charge in [0.15, 0.2) is 0 Å². The van der Waals surface area contributed by atoms with Crippen LogP contribution in [0.15, 0.2) is 133 Å². The molecule has 7 nitrogen and oxygen atoms in total. The summed E-state index contributed by atoms with van der Waals surface area (Å²) in [5, 5.41) is 10.1. The zero-order valence-electron chi connectivity index (χ0n) is 32.5. The number of benzene rings is 4. The lowest BCUT2D eigenvalue weighted by Gasteiger charge is -2.50. The molecule has 4 aromatic rings. The quantitative estimate of drug-likeness (QED) is 0.0925. The SMILES string of the molecule is COC=C(C)C(=O)NC(=O)N[C@@H]1C[C@H](CO[Si](c2ccccc2)(c2ccccc2)C(C)(C)C)[C@H]1CO[Si](c1ccccc1)(c1ccccc1)C(C)(C)C. The molecule has 0 spiro atoms. The first-order chi connectivity index (χ1) is 25.2. The van der Waals surface area contributed by atoms with E-state index in [0.29, 0.717) is 25.2 Å². The van der Waals surface area contributed by atoms with Crippen molar-refractivity contribution in [3.63, 3.8) is 0 Å². The van der Waals surface area contributed by atoms with Crippen LogP contribution in [0.2, 0.25) is 10.1 Å². The van der Waals surface area contributed by atoms with Crippen molar-refractivity contribution in [2.75, 3.05) is 20.3 Å². The number of hydrogen-bond acceptors (Lipinski definition) is 5. The molecule has 3 amide bonds. The summed E-state index contributed by atoms with van der Waals surface area (Å²) < 4.78 is 19.9. The molecule has 1 saturated carbocycles. The Morgan fingerprint density at radius 2 is 1.04 bits per heavy atom. The van der Waals surface area contributed by atoms with Gasteiger partial charge in [0, 0.05) is 30.7 Å². The normalized spacial score (nSPS) is 18.1. The summed E-state index contributed by atoms with van der Waals surface area (Å²) in [6.07, 6.45) is 2.02. The second-order valence-electron chi connectivity index (χ2n) is 16.2. The molecular formula is C44H56N2O5Si2. The number of methoxy groups -OCH3 is 1. The molecule has 0 bridgehead atoms. The van der Waals surface area contributed by atoms with Crippen LogP contribution in [0.4, 0.5) is 4.79 Å². The Hall–Kier alpha value is -4.29. The van der Waals surface area contributed by atoms with Gasteiger partial charge in [-0.15, -0.1) is 0 Å². The minimum absolute atomic E-state index is 0.0636. The van der Waals surface area contributed by atoms with Crippen LogP contribution in [0.25, 0.3) is 0 Å². The van der Waals surface area contributed by atoms with Crippen LogP contribution in [-0.4, -0.2) is 54.9 Å². The van der Waals surface area contributed by atoms with Crippen LogP contribution >= 0.6 is 0 Å². The van der Waals surface area contributed by atoms with E-state index in [0.717, 1.165) is 0 Å². The van der Waals surface area contributed by atoms with E-state index in [9.17, 15) is 9.59 Å². The monoisotopic (exact) mass is 748 g/mol. The predicted molar refractivity (Wildman–Crippen MR) is 220 cm³/mol. The summed E-state index contributed by atoms with van der Waals surface area (Å²) in [6.45, 7) is 16.2. The molecule has 0 radical (unpaired) electrons. The number of urea groups is 1. The maximum absolute atomic E-state index is 13.3. The number of amides is 3. The highest BCUT2D eigenvalue weighted by molar-refractivity contribution is 7.00. The highest BCUT2D eigenvalue weighted by atomic mass is 28.4. The molecule has 280 valence electrons. The van der Waals surface area contributed by atoms with Gasteiger partial charge >= 0.3 is 6.03 Å². The number of carbonyl (C=O) groups excluding carboxylic acids is 2. The van der Waals surface area contributed by atoms with E-state index in [4.69, 9.17) is 13.6 Å². The number of rotatable bonds is 13. The lowest BCUT2D eigenvalue weighted by molar-refractivity contribution is -0.116. The molecule has 53 heavy (non-hydrogen) atoms. The Kier molecular flexibility index (Phi) is 12.7. The number of carbonyl (C=O) groups is 2. The summed E-state index contributed by atoms with van der Waals surface area (Å²) in [5.41, 5.74) is 0.305. The zero-order valence-corrected chi connectivity index (χ0v) is 34.5. The standard InChI is InChI=1S/C44H56N2O5Si2/c1-33(30-49-8)41(47)46-42(48)45-40-29-34(31-50-52(43(2,3)4,35-21-13-9-14-22-35)36-23-15-10-16-24-36)39(40)32-51-53(44(5,6)7,37-25-17-11-18-26-37)38-27-19-12-20-28-38/h9-28,30,34,39-40H,29,31-32H2,1-8H3,(H2,45,46,47,48)/t34-,39-,40-/m1/s1. The fourth-order valence-electron chi connectivity index (χ4n) is 8.03. The lowest BCUT2D eigenvalue weighted by Crippen LogP contribution is -2.69. The van der Waals surface area contributed by atoms with Gasteiger partial charge in [-0.3, -0.25) is 10.1 Å². The van der Waals surface area contributed by atoms with Gasteiger partial charge in [-0.1, -0.05) is 163 Å². The Labute approximate surface area is 318 Å². The van der Waals surface area contributed by atoms with Crippen LogP contribution in [-0.2, 0) is 18.4 Å². The van der Waals surface area contributed by atoms with Gasteiger partial charge in [0.25, 0.3) is 22.5 Å². The fourth-order valence-corrected chi connectivity index (χ4v) is 17.2. The summed E-state index contributed by atoms with van der Waals surface area (Å²) in [7, 11) is -4.22. The first kappa shape index (κ1) is 39.9. The molecule has 1 aliphatic carbocycles. The summed E-state index contributed by atoms with van der Waals surface area (Å²) in [4.78, 5) is 26.0. The van der Waals surface area contributed by atoms with Gasteiger partial charge in [-0.2, -0.15) is 0 Å². The summed E-state index contributed by atoms with van der Waals surface area (Å²) >= 11 is 0. The number of hydrogen-bond donors (Lipinski definition) is 2. The number of ether oxygens (including phenoxy) is 1. The van der Waals surface area contributed by atoms with Gasteiger partial charge in [0.2, 0.25) is 0 Å². The van der Waals surface area contributed by atoms with Crippen molar-refractivity contribution in [1.82, 2.24) is 10.6 Å². The molecule has 0 saturated heterocycles. The predicted octanol–water partition coefficient (Wildman–Crippen LogP) is 6.52. The number of imide groups is 1. The Morgan fingerprint density at radius 1 is 0.660 bits per heavy atom. The van der Waals surface area contributed by atoms with Gasteiger partial charge in [0.1, 0.15) is 0 Å². The molecule has 2 N–H and O–H groups in total. The highest BCUT2D eigenvalue weighted by Gasteiger charge is 2.54. The van der Waals surface area contributed by atoms with E-state index in [1.54, 1.807) is 6.92 Å². The highest BCUT2D eigenvalue weighted by Crippen LogP contribution is 2.43. The van der Waals surface area contributed by atoms with E-state index in [2.05, 4.69) is 161 Å². The van der Waals surface area contributed by atoms with Crippen molar-refractivity contribution < 1.29 is 23.2 Å². The van der Waals surface area contributed by atoms with Crippen LogP contribution in [0.1, 0.15) is 54.9 Å². The second-order valence-corrected chi connectivity index (χ2v) is 24.8. The molecule has 3 atom stereocenters. The average molecular weight is 749 g/mol. The van der Waals surface area contributed by atoms with E-state index >= 15 is 0 Å². The molecule has 5 rings (SSSR count). The largest absolute Gasteiger partial charge is 0.504 e. The third kappa shape index (κ3) is 8.44. The van der Waals surface area contributed by atoms with Crippen LogP contribution in [0, 0.1) is 11.8 Å². The van der Waals surface area contributed by atoms with Gasteiger partial charge in [-0.25, -0.2) is 4.79 Å². The van der Waals surface area contributed by atoms with Crippen molar-refractivity contribution in [2.45, 2.75) is 71.0 Å². The van der Waals surface area contributed by atoms with Crippen LogP contribution < -0.4 is 31.4 Å². The minimum atomic E-state index is -2.87. The van der Waals surface area contributed by atoms with Gasteiger partial charge in [-0.05, 0) is 50.1 Å². The summed E-state index contributed by atoms with van der Waals surface area (Å²) in [6, 6.07) is 41.8. The first-order valence-electron chi connectivity index (χ1n) is 18.6. The smallest absolute Gasteiger partial charge is 0.321 e. The Balaban J connectivity index is 1.50. The lowest BCUT2D eigenvalue weighted by atomic mass is 9.70. The molecule has 0 heterocycles. The van der Waals surface area contributed by atoms with Gasteiger partial charge < -0.3 is 18.9 Å². The average Bonchev–Trinajstić information content (AvgIpc) is 3.13. The van der Waals surface area contributed by atoms with Crippen molar-refractivity contribution in [2.24, 2.45) is 11.8 Å². The maximum atomic E-state index is 13.3. The van der Waals surface area contributed by atoms with Crippen molar-refractivity contribution >= 4 is 49.3 Å². The molecule has 4 aromatic carbocycles. The zero-order chi connectivity index (χ0) is 38.3. The van der Waals surface area contributed by atoms with Crippen molar-refractivity contribution in [1.29, 1.82) is 0 Å². The van der Waals surface area contributed by atoms with Crippen LogP contribution in [0.3, 0.4) is 0 Å². The molecule has 9 heteroatoms. The second kappa shape index (κ2) is 16.8. The molecule has 0 unspecified atom stereocenters. The van der Waals surface area contributed by atoms with E-state index in [1.165, 1.54) is 34.1 Å². The van der Waals surface area contributed by atoms with Crippen LogP contribution in [0.5, 0.6) is 0 Å². The maximum Gasteiger partial charge on any atom is 0.321 e. The molecule has 1 aliphatic rings. The molecule has 1 fully saturated rings. The van der Waals surface area contributed by atoms with Crippen molar-refractivity contribution in [3.05, 3.63) is 133 Å². The third-order valence-electron chi connectivity index (χ3n) is 10.7. The minimum Gasteiger partial charge on any atom is -0.504 e. The molecular weight excluding hydrogens is 693 g/mol. The Morgan fingerprint density at radius 3 is 1.40 bits per heavy atom. The van der Waals surface area contributed by atoms with E-state index in [-0.39, 0.29) is 28.0 Å². The summed E-state index contributed by atoms with van der Waals surface area (Å²) in [5.74, 6) is -0.465. The first-order valence-corrected chi connectivity index (χ1v) is 22.4. The Bertz CT molecular complexity index is 1750. The van der Waals surface area contributed by atoms with E-state index in [1.807, 2.05) is 12.1 Å². The molecule has 0 aromatic heterocycles. The van der Waals surface area contributed by atoms with Gasteiger partial charge in [0.05, 0.1) is 13.4 Å².